The molecule has 0 saturated heterocycles. The summed E-state index contributed by atoms with van der Waals surface area (Å²) in [5.41, 5.74) is 9.08. The van der Waals surface area contributed by atoms with Crippen LogP contribution < -0.4 is 10.1 Å². The zero-order valence-electron chi connectivity index (χ0n) is 16.3. The van der Waals surface area contributed by atoms with Gasteiger partial charge in [-0.3, -0.25) is 0 Å². The number of hydrogen-bond donors (Lipinski definition) is 1. The first-order chi connectivity index (χ1) is 13.1. The molecule has 1 amide bonds. The quantitative estimate of drug-likeness (QED) is 0.664. The molecule has 0 aromatic heterocycles. The van der Waals surface area contributed by atoms with Crippen molar-refractivity contribution in [2.24, 2.45) is 0 Å². The molecule has 3 nitrogen and oxygen atoms in total. The summed E-state index contributed by atoms with van der Waals surface area (Å²) in [4.78, 5) is 11.5. The van der Waals surface area contributed by atoms with Crippen LogP contribution in [0.2, 0.25) is 16.1 Å². The fraction of sp³-hybridized carbons (Fsp3) is 0.435. The van der Waals surface area contributed by atoms with Gasteiger partial charge in [-0.25, -0.2) is 0 Å². The van der Waals surface area contributed by atoms with Gasteiger partial charge in [-0.1, -0.05) is 0 Å². The fourth-order valence-electron chi connectivity index (χ4n) is 4.52. The molecule has 0 saturated carbocycles. The number of aryl methyl sites for hydroxylation is 1. The van der Waals surface area contributed by atoms with E-state index in [1.807, 2.05) is 0 Å². The van der Waals surface area contributed by atoms with Gasteiger partial charge >= 0.3 is 167 Å². The Balaban J connectivity index is 1.38. The number of nitrogens with one attached hydrogen (secondary N) is 1. The van der Waals surface area contributed by atoms with E-state index in [1.54, 1.807) is 12.7 Å². The van der Waals surface area contributed by atoms with E-state index in [4.69, 9.17) is 4.74 Å². The normalized spacial score (nSPS) is 19.2. The summed E-state index contributed by atoms with van der Waals surface area (Å²) in [5, 5.41) is 5.65. The van der Waals surface area contributed by atoms with Gasteiger partial charge < -0.3 is 0 Å². The Morgan fingerprint density at radius 1 is 1.26 bits per heavy atom. The van der Waals surface area contributed by atoms with E-state index in [0.29, 0.717) is 6.42 Å². The third kappa shape index (κ3) is 4.09. The third-order valence-electron chi connectivity index (χ3n) is 5.92. The minimum atomic E-state index is -0.859. The fourth-order valence-corrected chi connectivity index (χ4v) is 8.62. The number of ether oxygens (including phenoxy) is 1. The maximum atomic E-state index is 11.5. The molecule has 27 heavy (non-hydrogen) atoms. The first kappa shape index (κ1) is 18.6. The number of fused-ring (bicyclic) bond motifs is 2. The second kappa shape index (κ2) is 8.10. The van der Waals surface area contributed by atoms with E-state index in [1.165, 1.54) is 39.9 Å². The second-order valence-corrected chi connectivity index (χ2v) is 13.1. The van der Waals surface area contributed by atoms with Gasteiger partial charge in [0.1, 0.15) is 0 Å². The molecule has 0 fully saturated rings. The van der Waals surface area contributed by atoms with Crippen LogP contribution in [0.25, 0.3) is 0 Å². The van der Waals surface area contributed by atoms with Gasteiger partial charge in [0.25, 0.3) is 0 Å². The van der Waals surface area contributed by atoms with Gasteiger partial charge in [-0.2, -0.15) is 0 Å². The van der Waals surface area contributed by atoms with Crippen LogP contribution in [0.1, 0.15) is 41.0 Å². The van der Waals surface area contributed by atoms with Gasteiger partial charge in [0, 0.05) is 0 Å². The summed E-state index contributed by atoms with van der Waals surface area (Å²) >= 11 is -0.859. The minimum absolute atomic E-state index is 0.122. The Kier molecular flexibility index (Phi) is 5.59. The third-order valence-corrected chi connectivity index (χ3v) is 10.2. The van der Waals surface area contributed by atoms with Gasteiger partial charge in [-0.05, 0) is 0 Å². The van der Waals surface area contributed by atoms with Crippen molar-refractivity contribution in [3.05, 3.63) is 58.7 Å². The van der Waals surface area contributed by atoms with E-state index >= 15 is 0 Å². The van der Waals surface area contributed by atoms with E-state index in [9.17, 15) is 4.79 Å². The number of carbonyl (C=O) groups excluding carboxylic acids is 1. The molecule has 2 atom stereocenters. The molecule has 0 spiro atoms. The van der Waals surface area contributed by atoms with Crippen molar-refractivity contribution >= 4 is 26.2 Å². The molecular weight excluding hydrogens is 397 g/mol. The monoisotopic (exact) mass is 425 g/mol. The van der Waals surface area contributed by atoms with Crippen LogP contribution >= 0.6 is 0 Å². The van der Waals surface area contributed by atoms with Gasteiger partial charge in [0.2, 0.25) is 0 Å². The van der Waals surface area contributed by atoms with Crippen molar-refractivity contribution in [2.45, 2.75) is 54.2 Å². The molecule has 2 aromatic rings. The number of rotatable bonds is 6. The Labute approximate surface area is 166 Å². The van der Waals surface area contributed by atoms with Crippen LogP contribution in [0.15, 0.2) is 36.4 Å². The van der Waals surface area contributed by atoms with Crippen molar-refractivity contribution in [1.29, 1.82) is 0 Å². The molecule has 1 heterocycles. The van der Waals surface area contributed by atoms with Gasteiger partial charge in [-0.15, -0.1) is 0 Å². The summed E-state index contributed by atoms with van der Waals surface area (Å²) in [6.45, 7) is 0. The average Bonchev–Trinajstić information content (AvgIpc) is 3.05. The van der Waals surface area contributed by atoms with Crippen molar-refractivity contribution in [3.63, 3.8) is 0 Å². The summed E-state index contributed by atoms with van der Waals surface area (Å²) in [7, 11) is 1.79. The number of carbonyl (C=O) groups is 1. The number of amides is 1. The molecular formula is C23H28AsNO2. The molecule has 1 aliphatic carbocycles. The van der Waals surface area contributed by atoms with E-state index in [0.717, 1.165) is 30.2 Å². The van der Waals surface area contributed by atoms with Crippen LogP contribution in [0.3, 0.4) is 0 Å². The van der Waals surface area contributed by atoms with Crippen LogP contribution in [-0.4, -0.2) is 27.7 Å². The van der Waals surface area contributed by atoms with Crippen LogP contribution in [-0.2, 0) is 24.1 Å². The molecule has 2 aliphatic rings. The first-order valence-electron chi connectivity index (χ1n) is 9.90. The standard InChI is InChI=1S/C23H28AsNO2/c1-24(12-11-16-9-10-21-18(13-16)14-23(26)25-21)15-17-5-3-7-20-19(17)6-4-8-22(20)27-2/h4,6,8-10,13,17H,3,5,7,11-12,14-15H2,1-2H3,(H,25,26). The number of methoxy groups -OCH3 is 1. The summed E-state index contributed by atoms with van der Waals surface area (Å²) in [6, 6.07) is 13.1. The molecule has 0 radical (unpaired) electrons. The van der Waals surface area contributed by atoms with E-state index in [2.05, 4.69) is 47.4 Å². The van der Waals surface area contributed by atoms with E-state index < -0.39 is 14.7 Å². The number of anilines is 1. The van der Waals surface area contributed by atoms with Crippen molar-refractivity contribution < 1.29 is 9.53 Å². The zero-order chi connectivity index (χ0) is 18.8. The Hall–Kier alpha value is -1.73. The van der Waals surface area contributed by atoms with Gasteiger partial charge in [0.05, 0.1) is 0 Å². The molecule has 2 aromatic carbocycles. The summed E-state index contributed by atoms with van der Waals surface area (Å²) in [5.74, 6) is 1.92. The molecule has 4 heteroatoms. The van der Waals surface area contributed by atoms with Crippen molar-refractivity contribution in [1.82, 2.24) is 0 Å². The van der Waals surface area contributed by atoms with Crippen LogP contribution in [0.5, 0.6) is 5.75 Å². The van der Waals surface area contributed by atoms with Crippen molar-refractivity contribution in [3.8, 4) is 5.75 Å². The SMILES string of the molecule is COc1cccc2c1CCCC2C[As](C)CCc1ccc2c(c1)CC(=O)N2. The van der Waals surface area contributed by atoms with Gasteiger partial charge in [0.15, 0.2) is 0 Å². The summed E-state index contributed by atoms with van der Waals surface area (Å²) in [6.07, 6.45) is 5.46. The summed E-state index contributed by atoms with van der Waals surface area (Å²) < 4.78 is 5.60. The predicted octanol–water partition coefficient (Wildman–Crippen LogP) is 4.98. The van der Waals surface area contributed by atoms with E-state index in [-0.39, 0.29) is 5.91 Å². The molecule has 2 unspecified atom stereocenters. The number of hydrogen-bond acceptors (Lipinski definition) is 2. The maximum absolute atomic E-state index is 11.5. The van der Waals surface area contributed by atoms with Crippen LogP contribution in [0, 0.1) is 0 Å². The predicted molar refractivity (Wildman–Crippen MR) is 112 cm³/mol. The Bertz CT molecular complexity index is 848. The molecule has 142 valence electrons. The average molecular weight is 425 g/mol. The van der Waals surface area contributed by atoms with Crippen molar-refractivity contribution in [2.75, 3.05) is 12.4 Å². The molecule has 0 bridgehead atoms. The zero-order valence-corrected chi connectivity index (χ0v) is 18.1. The molecule has 4 rings (SSSR count). The Morgan fingerprint density at radius 2 is 2.15 bits per heavy atom. The molecule has 1 N–H and O–H groups in total. The second-order valence-electron chi connectivity index (χ2n) is 7.85. The Morgan fingerprint density at radius 3 is 3.00 bits per heavy atom. The number of benzene rings is 2. The molecule has 1 aliphatic heterocycles. The first-order valence-corrected chi connectivity index (χ1v) is 14.4. The van der Waals surface area contributed by atoms with Crippen LogP contribution in [0.4, 0.5) is 5.69 Å². The topological polar surface area (TPSA) is 38.3 Å².